The van der Waals surface area contributed by atoms with Gasteiger partial charge >= 0.3 is 0 Å². The molecule has 23 heavy (non-hydrogen) atoms. The molecule has 1 N–H and O–H groups in total. The van der Waals surface area contributed by atoms with E-state index in [0.29, 0.717) is 28.5 Å². The Morgan fingerprint density at radius 1 is 0.913 bits per heavy atom. The zero-order valence-corrected chi connectivity index (χ0v) is 12.1. The second-order valence-electron chi connectivity index (χ2n) is 4.55. The van der Waals surface area contributed by atoms with Crippen LogP contribution < -0.4 is 5.43 Å². The smallest absolute Gasteiger partial charge is 0.146 e. The van der Waals surface area contributed by atoms with E-state index in [1.54, 1.807) is 24.5 Å². The minimum Gasteiger partial charge on any atom is -0.261 e. The molecule has 0 unspecified atom stereocenters. The Bertz CT molecular complexity index is 794. The highest BCUT2D eigenvalue weighted by molar-refractivity contribution is 6.10. The molecule has 0 amide bonds. The molecular weight excluding hydrogens is 288 g/mol. The molecule has 0 aliphatic rings. The van der Waals surface area contributed by atoms with Gasteiger partial charge in [-0.25, -0.2) is 4.98 Å². The van der Waals surface area contributed by atoms with Gasteiger partial charge in [-0.05, 0) is 36.4 Å². The highest BCUT2D eigenvalue weighted by atomic mass is 15.3. The summed E-state index contributed by atoms with van der Waals surface area (Å²) in [5.74, 6) is 0.536. The minimum absolute atomic E-state index is 0.495. The van der Waals surface area contributed by atoms with E-state index >= 15 is 0 Å². The van der Waals surface area contributed by atoms with Crippen LogP contribution in [0.4, 0.5) is 5.82 Å². The van der Waals surface area contributed by atoms with Crippen molar-refractivity contribution in [3.05, 3.63) is 84.1 Å². The summed E-state index contributed by atoms with van der Waals surface area (Å²) in [6, 6.07) is 16.6. The van der Waals surface area contributed by atoms with Gasteiger partial charge < -0.3 is 0 Å². The predicted molar refractivity (Wildman–Crippen MR) is 86.7 cm³/mol. The van der Waals surface area contributed by atoms with Crippen molar-refractivity contribution in [3.8, 4) is 6.07 Å². The molecule has 0 saturated carbocycles. The van der Waals surface area contributed by atoms with Gasteiger partial charge in [-0.1, -0.05) is 12.1 Å². The van der Waals surface area contributed by atoms with Crippen LogP contribution in [0.2, 0.25) is 0 Å². The monoisotopic (exact) mass is 300 g/mol. The molecule has 0 saturated heterocycles. The van der Waals surface area contributed by atoms with Gasteiger partial charge in [0.1, 0.15) is 17.6 Å². The Morgan fingerprint density at radius 2 is 1.61 bits per heavy atom. The molecule has 0 aromatic carbocycles. The average molecular weight is 300 g/mol. The second kappa shape index (κ2) is 6.91. The molecule has 3 rings (SSSR count). The Kier molecular flexibility index (Phi) is 4.31. The Hall–Kier alpha value is -3.59. The van der Waals surface area contributed by atoms with Crippen molar-refractivity contribution >= 4 is 11.5 Å². The van der Waals surface area contributed by atoms with E-state index in [-0.39, 0.29) is 0 Å². The molecule has 6 nitrogen and oxygen atoms in total. The maximum Gasteiger partial charge on any atom is 0.146 e. The summed E-state index contributed by atoms with van der Waals surface area (Å²) < 4.78 is 0. The number of nitriles is 1. The van der Waals surface area contributed by atoms with E-state index in [2.05, 4.69) is 25.5 Å². The van der Waals surface area contributed by atoms with Crippen LogP contribution in [-0.2, 0) is 0 Å². The maximum atomic E-state index is 8.79. The first-order valence-corrected chi connectivity index (χ1v) is 6.89. The van der Waals surface area contributed by atoms with Gasteiger partial charge in [-0.3, -0.25) is 15.4 Å². The van der Waals surface area contributed by atoms with Crippen LogP contribution in [0.5, 0.6) is 0 Å². The Balaban J connectivity index is 1.93. The number of hydrogen-bond acceptors (Lipinski definition) is 6. The van der Waals surface area contributed by atoms with Crippen LogP contribution in [0.25, 0.3) is 0 Å². The maximum absolute atomic E-state index is 8.79. The van der Waals surface area contributed by atoms with Gasteiger partial charge in [0, 0.05) is 18.6 Å². The third-order valence-electron chi connectivity index (χ3n) is 2.99. The third kappa shape index (κ3) is 3.54. The van der Waals surface area contributed by atoms with Gasteiger partial charge in [0.25, 0.3) is 0 Å². The van der Waals surface area contributed by atoms with Crippen LogP contribution in [0.15, 0.2) is 72.2 Å². The molecule has 0 spiro atoms. The van der Waals surface area contributed by atoms with Gasteiger partial charge in [-0.15, -0.1) is 0 Å². The lowest BCUT2D eigenvalue weighted by Gasteiger charge is -2.06. The van der Waals surface area contributed by atoms with Crippen molar-refractivity contribution in [1.82, 2.24) is 15.0 Å². The SMILES string of the molecule is N#Cc1ccc(NN=C(c2ccccn2)c2ccccn2)nc1. The predicted octanol–water partition coefficient (Wildman–Crippen LogP) is 2.61. The number of aromatic nitrogens is 3. The number of hydrazone groups is 1. The fraction of sp³-hybridized carbons (Fsp3) is 0. The average Bonchev–Trinajstić information content (AvgIpc) is 2.64. The molecule has 0 radical (unpaired) electrons. The lowest BCUT2D eigenvalue weighted by molar-refractivity contribution is 1.18. The number of nitrogens with one attached hydrogen (secondary N) is 1. The van der Waals surface area contributed by atoms with Crippen molar-refractivity contribution in [2.45, 2.75) is 0 Å². The molecule has 3 aromatic rings. The van der Waals surface area contributed by atoms with Crippen LogP contribution in [0, 0.1) is 11.3 Å². The van der Waals surface area contributed by atoms with Crippen LogP contribution >= 0.6 is 0 Å². The van der Waals surface area contributed by atoms with Crippen molar-refractivity contribution in [1.29, 1.82) is 5.26 Å². The first kappa shape index (κ1) is 14.4. The van der Waals surface area contributed by atoms with Gasteiger partial charge in [0.2, 0.25) is 0 Å². The Labute approximate surface area is 133 Å². The summed E-state index contributed by atoms with van der Waals surface area (Å²) >= 11 is 0. The van der Waals surface area contributed by atoms with E-state index in [0.717, 1.165) is 0 Å². The fourth-order valence-electron chi connectivity index (χ4n) is 1.89. The quantitative estimate of drug-likeness (QED) is 0.591. The van der Waals surface area contributed by atoms with Crippen molar-refractivity contribution in [2.24, 2.45) is 5.10 Å². The number of rotatable bonds is 4. The van der Waals surface area contributed by atoms with Gasteiger partial charge in [0.15, 0.2) is 0 Å². The topological polar surface area (TPSA) is 86.9 Å². The molecular formula is C17H12N6. The van der Waals surface area contributed by atoms with E-state index in [4.69, 9.17) is 5.26 Å². The zero-order chi connectivity index (χ0) is 15.9. The lowest BCUT2D eigenvalue weighted by Crippen LogP contribution is -2.10. The normalized spacial score (nSPS) is 9.70. The first-order valence-electron chi connectivity index (χ1n) is 6.89. The largest absolute Gasteiger partial charge is 0.261 e. The fourth-order valence-corrected chi connectivity index (χ4v) is 1.89. The van der Waals surface area contributed by atoms with E-state index in [1.165, 1.54) is 6.20 Å². The first-order chi connectivity index (χ1) is 11.4. The molecule has 6 heteroatoms. The second-order valence-corrected chi connectivity index (χ2v) is 4.55. The summed E-state index contributed by atoms with van der Waals surface area (Å²) in [5.41, 5.74) is 5.39. The van der Waals surface area contributed by atoms with Crippen LogP contribution in [0.3, 0.4) is 0 Å². The van der Waals surface area contributed by atoms with Crippen molar-refractivity contribution < 1.29 is 0 Å². The van der Waals surface area contributed by atoms with Crippen LogP contribution in [-0.4, -0.2) is 20.7 Å². The van der Waals surface area contributed by atoms with Crippen LogP contribution in [0.1, 0.15) is 17.0 Å². The number of pyridine rings is 3. The van der Waals surface area contributed by atoms with Gasteiger partial charge in [-0.2, -0.15) is 10.4 Å². The molecule has 0 aliphatic carbocycles. The van der Waals surface area contributed by atoms with E-state index < -0.39 is 0 Å². The molecule has 0 aliphatic heterocycles. The molecule has 110 valence electrons. The third-order valence-corrected chi connectivity index (χ3v) is 2.99. The molecule has 3 aromatic heterocycles. The summed E-state index contributed by atoms with van der Waals surface area (Å²) in [6.07, 6.45) is 4.89. The highest BCUT2D eigenvalue weighted by Crippen LogP contribution is 2.09. The summed E-state index contributed by atoms with van der Waals surface area (Å²) in [4.78, 5) is 12.8. The molecule has 0 fully saturated rings. The number of nitrogens with zero attached hydrogens (tertiary/aromatic N) is 5. The van der Waals surface area contributed by atoms with Gasteiger partial charge in [0.05, 0.1) is 17.0 Å². The molecule has 0 bridgehead atoms. The summed E-state index contributed by atoms with van der Waals surface area (Å²) in [6.45, 7) is 0. The lowest BCUT2D eigenvalue weighted by atomic mass is 10.1. The highest BCUT2D eigenvalue weighted by Gasteiger charge is 2.09. The van der Waals surface area contributed by atoms with E-state index in [9.17, 15) is 0 Å². The Morgan fingerprint density at radius 3 is 2.09 bits per heavy atom. The summed E-state index contributed by atoms with van der Waals surface area (Å²) in [7, 11) is 0. The molecule has 0 atom stereocenters. The number of hydrogen-bond donors (Lipinski definition) is 1. The van der Waals surface area contributed by atoms with E-state index in [1.807, 2.05) is 42.5 Å². The molecule has 3 heterocycles. The standard InChI is InChI=1S/C17H12N6/c18-11-13-7-8-16(21-12-13)22-23-17(14-5-1-3-9-19-14)15-6-2-4-10-20-15/h1-10,12H,(H,21,22). The van der Waals surface area contributed by atoms with Crippen molar-refractivity contribution in [3.63, 3.8) is 0 Å². The minimum atomic E-state index is 0.495. The zero-order valence-electron chi connectivity index (χ0n) is 12.1. The number of anilines is 1. The van der Waals surface area contributed by atoms with Crippen molar-refractivity contribution in [2.75, 3.05) is 5.43 Å². The summed E-state index contributed by atoms with van der Waals surface area (Å²) in [5, 5.41) is 13.2.